The topological polar surface area (TPSA) is 62.6 Å². The first-order valence-corrected chi connectivity index (χ1v) is 7.43. The maximum atomic E-state index is 12.3. The molecule has 0 unspecified atom stereocenters. The van der Waals surface area contributed by atoms with Crippen molar-refractivity contribution >= 4 is 17.5 Å². The van der Waals surface area contributed by atoms with E-state index in [0.29, 0.717) is 18.8 Å². The van der Waals surface area contributed by atoms with Gasteiger partial charge in [0.2, 0.25) is 5.91 Å². The smallest absolute Gasteiger partial charge is 0.289 e. The van der Waals surface area contributed by atoms with E-state index >= 15 is 0 Å². The molecule has 1 atom stereocenters. The SMILES string of the molecule is O=C(Nc1ccccc1)[C@@H]1CCCN(C(=O)c2ccco2)C1. The molecule has 2 heterocycles. The summed E-state index contributed by atoms with van der Waals surface area (Å²) in [6.45, 7) is 1.09. The van der Waals surface area contributed by atoms with E-state index in [0.717, 1.165) is 18.5 Å². The molecule has 1 saturated heterocycles. The van der Waals surface area contributed by atoms with E-state index in [-0.39, 0.29) is 17.7 Å². The van der Waals surface area contributed by atoms with Gasteiger partial charge in [0.15, 0.2) is 5.76 Å². The fourth-order valence-corrected chi connectivity index (χ4v) is 2.70. The van der Waals surface area contributed by atoms with Gasteiger partial charge in [-0.1, -0.05) is 18.2 Å². The molecule has 1 N–H and O–H groups in total. The first kappa shape index (κ1) is 14.4. The molecule has 2 aromatic rings. The van der Waals surface area contributed by atoms with Crippen LogP contribution in [0.5, 0.6) is 0 Å². The van der Waals surface area contributed by atoms with Gasteiger partial charge >= 0.3 is 0 Å². The number of carbonyl (C=O) groups is 2. The lowest BCUT2D eigenvalue weighted by atomic mass is 9.96. The van der Waals surface area contributed by atoms with Crippen molar-refractivity contribution in [1.29, 1.82) is 0 Å². The molecule has 1 aromatic heterocycles. The molecule has 114 valence electrons. The molecule has 0 aliphatic carbocycles. The first-order chi connectivity index (χ1) is 10.7. The van der Waals surface area contributed by atoms with E-state index in [2.05, 4.69) is 5.32 Å². The number of rotatable bonds is 3. The average molecular weight is 298 g/mol. The van der Waals surface area contributed by atoms with Crippen LogP contribution in [0, 0.1) is 5.92 Å². The number of benzene rings is 1. The number of hydrogen-bond donors (Lipinski definition) is 1. The zero-order chi connectivity index (χ0) is 15.4. The molecule has 1 aliphatic rings. The summed E-state index contributed by atoms with van der Waals surface area (Å²) < 4.78 is 5.15. The number of furan rings is 1. The van der Waals surface area contributed by atoms with Crippen LogP contribution in [0.1, 0.15) is 23.4 Å². The minimum atomic E-state index is -0.187. The minimum absolute atomic E-state index is 0.0388. The van der Waals surface area contributed by atoms with Crippen LogP contribution in [0.4, 0.5) is 5.69 Å². The lowest BCUT2D eigenvalue weighted by Crippen LogP contribution is -2.43. The van der Waals surface area contributed by atoms with Crippen LogP contribution in [0.2, 0.25) is 0 Å². The van der Waals surface area contributed by atoms with Gasteiger partial charge in [-0.2, -0.15) is 0 Å². The Kier molecular flexibility index (Phi) is 4.23. The first-order valence-electron chi connectivity index (χ1n) is 7.43. The van der Waals surface area contributed by atoms with E-state index in [1.807, 2.05) is 30.3 Å². The lowest BCUT2D eigenvalue weighted by molar-refractivity contribution is -0.121. The highest BCUT2D eigenvalue weighted by molar-refractivity contribution is 5.94. The van der Waals surface area contributed by atoms with Gasteiger partial charge in [0.25, 0.3) is 5.91 Å². The molecule has 3 rings (SSSR count). The molecule has 0 radical (unpaired) electrons. The van der Waals surface area contributed by atoms with Crippen molar-refractivity contribution in [3.8, 4) is 0 Å². The number of piperidine rings is 1. The standard InChI is InChI=1S/C17H18N2O3/c20-16(18-14-7-2-1-3-8-14)13-6-4-10-19(12-13)17(21)15-9-5-11-22-15/h1-3,5,7-9,11,13H,4,6,10,12H2,(H,18,20)/t13-/m1/s1. The summed E-state index contributed by atoms with van der Waals surface area (Å²) in [6.07, 6.45) is 3.09. The third kappa shape index (κ3) is 3.19. The van der Waals surface area contributed by atoms with E-state index in [4.69, 9.17) is 4.42 Å². The Morgan fingerprint density at radius 2 is 1.95 bits per heavy atom. The van der Waals surface area contributed by atoms with Gasteiger partial charge in [0.05, 0.1) is 12.2 Å². The summed E-state index contributed by atoms with van der Waals surface area (Å²) in [5.41, 5.74) is 0.780. The fourth-order valence-electron chi connectivity index (χ4n) is 2.70. The van der Waals surface area contributed by atoms with Crippen molar-refractivity contribution in [2.45, 2.75) is 12.8 Å². The maximum Gasteiger partial charge on any atom is 0.289 e. The van der Waals surface area contributed by atoms with Crippen LogP contribution in [-0.4, -0.2) is 29.8 Å². The highest BCUT2D eigenvalue weighted by Crippen LogP contribution is 2.20. The molecule has 2 amide bonds. The lowest BCUT2D eigenvalue weighted by Gasteiger charge is -2.31. The summed E-state index contributed by atoms with van der Waals surface area (Å²) in [5.74, 6) is -0.0534. The van der Waals surface area contributed by atoms with Crippen LogP contribution in [0.3, 0.4) is 0 Å². The second kappa shape index (κ2) is 6.47. The van der Waals surface area contributed by atoms with E-state index < -0.39 is 0 Å². The monoisotopic (exact) mass is 298 g/mol. The molecule has 5 nitrogen and oxygen atoms in total. The zero-order valence-corrected chi connectivity index (χ0v) is 12.2. The van der Waals surface area contributed by atoms with Gasteiger partial charge in [-0.15, -0.1) is 0 Å². The minimum Gasteiger partial charge on any atom is -0.459 e. The van der Waals surface area contributed by atoms with Crippen molar-refractivity contribution < 1.29 is 14.0 Å². The summed E-state index contributed by atoms with van der Waals surface area (Å²) in [4.78, 5) is 26.3. The Hall–Kier alpha value is -2.56. The van der Waals surface area contributed by atoms with E-state index in [1.165, 1.54) is 6.26 Å². The molecule has 5 heteroatoms. The molecule has 1 aliphatic heterocycles. The third-order valence-electron chi connectivity index (χ3n) is 3.85. The summed E-state index contributed by atoms with van der Waals surface area (Å²) in [6, 6.07) is 12.7. The number of amides is 2. The van der Waals surface area contributed by atoms with E-state index in [1.54, 1.807) is 17.0 Å². The predicted molar refractivity (Wildman–Crippen MR) is 82.4 cm³/mol. The Balaban J connectivity index is 1.63. The Labute approximate surface area is 128 Å². The van der Waals surface area contributed by atoms with Crippen LogP contribution in [0.15, 0.2) is 53.1 Å². The Morgan fingerprint density at radius 1 is 1.14 bits per heavy atom. The van der Waals surface area contributed by atoms with Crippen molar-refractivity contribution in [3.05, 3.63) is 54.5 Å². The van der Waals surface area contributed by atoms with Gasteiger partial charge in [-0.25, -0.2) is 0 Å². The molecule has 1 fully saturated rings. The van der Waals surface area contributed by atoms with Crippen molar-refractivity contribution in [2.75, 3.05) is 18.4 Å². The van der Waals surface area contributed by atoms with Crippen LogP contribution in [0.25, 0.3) is 0 Å². The predicted octanol–water partition coefficient (Wildman–Crippen LogP) is 2.77. The third-order valence-corrected chi connectivity index (χ3v) is 3.85. The number of carbonyl (C=O) groups excluding carboxylic acids is 2. The summed E-state index contributed by atoms with van der Waals surface area (Å²) in [7, 11) is 0. The summed E-state index contributed by atoms with van der Waals surface area (Å²) >= 11 is 0. The molecule has 0 saturated carbocycles. The number of hydrogen-bond acceptors (Lipinski definition) is 3. The van der Waals surface area contributed by atoms with Gasteiger partial charge in [-0.3, -0.25) is 9.59 Å². The highest BCUT2D eigenvalue weighted by atomic mass is 16.3. The highest BCUT2D eigenvalue weighted by Gasteiger charge is 2.29. The van der Waals surface area contributed by atoms with Crippen LogP contribution >= 0.6 is 0 Å². The quantitative estimate of drug-likeness (QED) is 0.947. The Bertz CT molecular complexity index is 637. The second-order valence-corrected chi connectivity index (χ2v) is 5.42. The molecule has 0 spiro atoms. The molecular formula is C17H18N2O3. The largest absolute Gasteiger partial charge is 0.459 e. The molecular weight excluding hydrogens is 280 g/mol. The number of nitrogens with zero attached hydrogens (tertiary/aromatic N) is 1. The number of para-hydroxylation sites is 1. The molecule has 22 heavy (non-hydrogen) atoms. The number of likely N-dealkylation sites (tertiary alicyclic amines) is 1. The van der Waals surface area contributed by atoms with Crippen molar-refractivity contribution in [3.63, 3.8) is 0 Å². The second-order valence-electron chi connectivity index (χ2n) is 5.42. The molecule has 1 aromatic carbocycles. The normalized spacial score (nSPS) is 18.0. The van der Waals surface area contributed by atoms with E-state index in [9.17, 15) is 9.59 Å². The van der Waals surface area contributed by atoms with Gasteiger partial charge in [-0.05, 0) is 37.1 Å². The van der Waals surface area contributed by atoms with Gasteiger partial charge in [0.1, 0.15) is 0 Å². The number of nitrogens with one attached hydrogen (secondary N) is 1. The molecule has 0 bridgehead atoms. The van der Waals surface area contributed by atoms with Crippen molar-refractivity contribution in [2.24, 2.45) is 5.92 Å². The van der Waals surface area contributed by atoms with Crippen LogP contribution < -0.4 is 5.32 Å². The van der Waals surface area contributed by atoms with Gasteiger partial charge in [0, 0.05) is 18.8 Å². The zero-order valence-electron chi connectivity index (χ0n) is 12.2. The fraction of sp³-hybridized carbons (Fsp3) is 0.294. The van der Waals surface area contributed by atoms with Gasteiger partial charge < -0.3 is 14.6 Å². The maximum absolute atomic E-state index is 12.3. The summed E-state index contributed by atoms with van der Waals surface area (Å²) in [5, 5.41) is 2.91. The van der Waals surface area contributed by atoms with Crippen LogP contribution in [-0.2, 0) is 4.79 Å². The number of anilines is 1. The van der Waals surface area contributed by atoms with Crippen molar-refractivity contribution in [1.82, 2.24) is 4.90 Å². The average Bonchev–Trinajstić information content (AvgIpc) is 3.09. The Morgan fingerprint density at radius 3 is 2.68 bits per heavy atom.